The Bertz CT molecular complexity index is 615. The Balaban J connectivity index is 1.44. The van der Waals surface area contributed by atoms with E-state index in [0.29, 0.717) is 19.1 Å². The zero-order chi connectivity index (χ0) is 17.1. The van der Waals surface area contributed by atoms with Crippen LogP contribution in [0.2, 0.25) is 0 Å². The zero-order valence-electron chi connectivity index (χ0n) is 14.5. The normalized spacial score (nSPS) is 23.5. The Morgan fingerprint density at radius 2 is 1.96 bits per heavy atom. The van der Waals surface area contributed by atoms with Crippen LogP contribution in [0.5, 0.6) is 11.5 Å². The van der Waals surface area contributed by atoms with Crippen LogP contribution in [0.3, 0.4) is 0 Å². The van der Waals surface area contributed by atoms with Crippen LogP contribution in [0.4, 0.5) is 4.79 Å². The molecular formula is C19H26N2O4. The van der Waals surface area contributed by atoms with Crippen LogP contribution in [0.25, 0.3) is 0 Å². The molecule has 0 saturated carbocycles. The molecule has 6 heteroatoms. The van der Waals surface area contributed by atoms with Crippen LogP contribution >= 0.6 is 0 Å². The highest BCUT2D eigenvalue weighted by Crippen LogP contribution is 2.42. The van der Waals surface area contributed by atoms with Gasteiger partial charge in [-0.1, -0.05) is 12.1 Å². The first-order valence-corrected chi connectivity index (χ1v) is 9.33. The van der Waals surface area contributed by atoms with Crippen molar-refractivity contribution in [3.05, 3.63) is 23.8 Å². The molecule has 0 bridgehead atoms. The minimum Gasteiger partial charge on any atom is -0.486 e. The summed E-state index contributed by atoms with van der Waals surface area (Å²) >= 11 is 0. The third-order valence-electron chi connectivity index (χ3n) is 5.35. The fraction of sp³-hybridized carbons (Fsp3) is 0.632. The largest absolute Gasteiger partial charge is 0.486 e. The number of carbonyl (C=O) groups is 1. The maximum atomic E-state index is 12.8. The van der Waals surface area contributed by atoms with E-state index in [9.17, 15) is 4.79 Å². The number of hydrogen-bond donors (Lipinski definition) is 1. The molecular weight excluding hydrogens is 320 g/mol. The first-order valence-electron chi connectivity index (χ1n) is 9.33. The molecule has 3 heterocycles. The van der Waals surface area contributed by atoms with Crippen molar-refractivity contribution in [2.24, 2.45) is 5.92 Å². The first-order chi connectivity index (χ1) is 12.3. The van der Waals surface area contributed by atoms with E-state index in [-0.39, 0.29) is 12.1 Å². The summed E-state index contributed by atoms with van der Waals surface area (Å²) in [6, 6.07) is 6.07. The van der Waals surface area contributed by atoms with Crippen LogP contribution in [0.15, 0.2) is 18.2 Å². The lowest BCUT2D eigenvalue weighted by Gasteiger charge is -2.30. The molecule has 2 fully saturated rings. The summed E-state index contributed by atoms with van der Waals surface area (Å²) in [7, 11) is 0. The predicted molar refractivity (Wildman–Crippen MR) is 93.1 cm³/mol. The van der Waals surface area contributed by atoms with Crippen molar-refractivity contribution in [1.82, 2.24) is 10.2 Å². The fourth-order valence-corrected chi connectivity index (χ4v) is 3.98. The molecule has 0 aliphatic carbocycles. The molecule has 4 rings (SSSR count). The van der Waals surface area contributed by atoms with Crippen LogP contribution < -0.4 is 14.8 Å². The summed E-state index contributed by atoms with van der Waals surface area (Å²) < 4.78 is 16.9. The molecule has 1 aromatic carbocycles. The number of amides is 2. The number of rotatable bonds is 3. The number of likely N-dealkylation sites (tertiary alicyclic amines) is 1. The molecule has 0 radical (unpaired) electrons. The lowest BCUT2D eigenvalue weighted by molar-refractivity contribution is 0.0663. The highest BCUT2D eigenvalue weighted by atomic mass is 16.6. The smallest absolute Gasteiger partial charge is 0.317 e. The molecule has 25 heavy (non-hydrogen) atoms. The molecule has 1 aromatic rings. The number of urea groups is 1. The standard InChI is InChI=1S/C19H26N2O4/c22-19(20-13-14-6-9-23-10-7-14)21-8-2-4-16(21)15-3-1-5-17-18(15)25-12-11-24-17/h1,3,5,14,16H,2,4,6-13H2,(H,20,22). The maximum absolute atomic E-state index is 12.8. The number of para-hydroxylation sites is 1. The molecule has 0 aromatic heterocycles. The summed E-state index contributed by atoms with van der Waals surface area (Å²) in [6.45, 7) is 4.27. The fourth-order valence-electron chi connectivity index (χ4n) is 3.98. The second kappa shape index (κ2) is 7.52. The van der Waals surface area contributed by atoms with Crippen LogP contribution in [-0.4, -0.2) is 50.4 Å². The Labute approximate surface area is 148 Å². The van der Waals surface area contributed by atoms with Gasteiger partial charge in [0.05, 0.1) is 6.04 Å². The van der Waals surface area contributed by atoms with Gasteiger partial charge in [0.2, 0.25) is 0 Å². The first kappa shape index (κ1) is 16.5. The van der Waals surface area contributed by atoms with Crippen molar-refractivity contribution in [2.45, 2.75) is 31.7 Å². The summed E-state index contributed by atoms with van der Waals surface area (Å²) in [5.74, 6) is 2.13. The van der Waals surface area contributed by atoms with Gasteiger partial charge in [-0.3, -0.25) is 0 Å². The van der Waals surface area contributed by atoms with Crippen LogP contribution in [0.1, 0.15) is 37.3 Å². The van der Waals surface area contributed by atoms with Crippen molar-refractivity contribution >= 4 is 6.03 Å². The predicted octanol–water partition coefficient (Wildman–Crippen LogP) is 2.73. The van der Waals surface area contributed by atoms with Gasteiger partial charge in [0.15, 0.2) is 11.5 Å². The lowest BCUT2D eigenvalue weighted by Crippen LogP contribution is -2.42. The van der Waals surface area contributed by atoms with Crippen molar-refractivity contribution in [1.29, 1.82) is 0 Å². The number of hydrogen-bond acceptors (Lipinski definition) is 4. The molecule has 0 spiro atoms. The van der Waals surface area contributed by atoms with E-state index in [1.807, 2.05) is 17.0 Å². The van der Waals surface area contributed by atoms with E-state index >= 15 is 0 Å². The van der Waals surface area contributed by atoms with Crippen LogP contribution in [-0.2, 0) is 4.74 Å². The topological polar surface area (TPSA) is 60.0 Å². The third kappa shape index (κ3) is 3.54. The lowest BCUT2D eigenvalue weighted by atomic mass is 10.0. The van der Waals surface area contributed by atoms with Crippen LogP contribution in [0, 0.1) is 5.92 Å². The van der Waals surface area contributed by atoms with E-state index < -0.39 is 0 Å². The van der Waals surface area contributed by atoms with Gasteiger partial charge in [-0.2, -0.15) is 0 Å². The second-order valence-electron chi connectivity index (χ2n) is 6.96. The monoisotopic (exact) mass is 346 g/mol. The molecule has 1 N–H and O–H groups in total. The van der Waals surface area contributed by atoms with E-state index in [2.05, 4.69) is 11.4 Å². The van der Waals surface area contributed by atoms with E-state index in [0.717, 1.165) is 69.0 Å². The van der Waals surface area contributed by atoms with Crippen molar-refractivity contribution < 1.29 is 19.0 Å². The molecule has 2 amide bonds. The highest BCUT2D eigenvalue weighted by Gasteiger charge is 2.33. The summed E-state index contributed by atoms with van der Waals surface area (Å²) in [5, 5.41) is 3.13. The van der Waals surface area contributed by atoms with Crippen molar-refractivity contribution in [3.63, 3.8) is 0 Å². The number of nitrogens with zero attached hydrogens (tertiary/aromatic N) is 1. The molecule has 3 aliphatic heterocycles. The number of benzene rings is 1. The van der Waals surface area contributed by atoms with Gasteiger partial charge >= 0.3 is 6.03 Å². The van der Waals surface area contributed by atoms with E-state index in [1.54, 1.807) is 0 Å². The Morgan fingerprint density at radius 1 is 1.12 bits per heavy atom. The Kier molecular flexibility index (Phi) is 4.97. The zero-order valence-corrected chi connectivity index (χ0v) is 14.5. The van der Waals surface area contributed by atoms with Gasteiger partial charge in [-0.25, -0.2) is 4.79 Å². The molecule has 136 valence electrons. The molecule has 1 atom stereocenters. The average Bonchev–Trinajstić information content (AvgIpc) is 3.16. The molecule has 2 saturated heterocycles. The molecule has 1 unspecified atom stereocenters. The maximum Gasteiger partial charge on any atom is 0.317 e. The molecule has 6 nitrogen and oxygen atoms in total. The summed E-state index contributed by atoms with van der Waals surface area (Å²) in [4.78, 5) is 14.7. The second-order valence-corrected chi connectivity index (χ2v) is 6.96. The summed E-state index contributed by atoms with van der Waals surface area (Å²) in [6.07, 6.45) is 4.03. The van der Waals surface area contributed by atoms with Gasteiger partial charge in [-0.15, -0.1) is 0 Å². The van der Waals surface area contributed by atoms with Gasteiger partial charge in [0.25, 0.3) is 0 Å². The number of nitrogens with one attached hydrogen (secondary N) is 1. The average molecular weight is 346 g/mol. The van der Waals surface area contributed by atoms with Gasteiger partial charge in [-0.05, 0) is 37.7 Å². The Hall–Kier alpha value is -1.95. The highest BCUT2D eigenvalue weighted by molar-refractivity contribution is 5.75. The van der Waals surface area contributed by atoms with Gasteiger partial charge in [0, 0.05) is 31.9 Å². The number of fused-ring (bicyclic) bond motifs is 1. The summed E-state index contributed by atoms with van der Waals surface area (Å²) in [5.41, 5.74) is 1.07. The Morgan fingerprint density at radius 3 is 2.84 bits per heavy atom. The van der Waals surface area contributed by atoms with Crippen molar-refractivity contribution in [3.8, 4) is 11.5 Å². The third-order valence-corrected chi connectivity index (χ3v) is 5.35. The SMILES string of the molecule is O=C(NCC1CCOCC1)N1CCCC1c1cccc2c1OCCO2. The van der Waals surface area contributed by atoms with Gasteiger partial charge in [0.1, 0.15) is 13.2 Å². The van der Waals surface area contributed by atoms with E-state index in [4.69, 9.17) is 14.2 Å². The number of ether oxygens (including phenoxy) is 3. The van der Waals surface area contributed by atoms with E-state index in [1.165, 1.54) is 0 Å². The minimum atomic E-state index is 0.0309. The molecule has 3 aliphatic rings. The van der Waals surface area contributed by atoms with Gasteiger partial charge < -0.3 is 24.4 Å². The minimum absolute atomic E-state index is 0.0309. The quantitative estimate of drug-likeness (QED) is 0.914. The number of carbonyl (C=O) groups excluding carboxylic acids is 1. The van der Waals surface area contributed by atoms with Crippen molar-refractivity contribution in [2.75, 3.05) is 39.5 Å².